The lowest BCUT2D eigenvalue weighted by molar-refractivity contribution is -0.159. The summed E-state index contributed by atoms with van der Waals surface area (Å²) in [7, 11) is 0. The van der Waals surface area contributed by atoms with Crippen molar-refractivity contribution in [1.82, 2.24) is 4.90 Å². The van der Waals surface area contributed by atoms with Crippen LogP contribution < -0.4 is 0 Å². The SMILES string of the molecule is O=C(O)C(=O)O.OC(CO/N=C1\CCCc2sccc21)CN1CCOCC1. The highest BCUT2D eigenvalue weighted by Gasteiger charge is 2.18. The molecule has 1 aromatic rings. The van der Waals surface area contributed by atoms with Gasteiger partial charge in [-0.1, -0.05) is 5.16 Å². The van der Waals surface area contributed by atoms with Crippen LogP contribution in [-0.2, 0) is 25.6 Å². The number of thiophene rings is 1. The van der Waals surface area contributed by atoms with Crippen LogP contribution in [0.15, 0.2) is 16.6 Å². The van der Waals surface area contributed by atoms with Gasteiger partial charge < -0.3 is 24.9 Å². The largest absolute Gasteiger partial charge is 0.473 e. The normalized spacial score (nSPS) is 19.5. The summed E-state index contributed by atoms with van der Waals surface area (Å²) in [6.07, 6.45) is 2.74. The summed E-state index contributed by atoms with van der Waals surface area (Å²) in [5, 5.41) is 31.2. The van der Waals surface area contributed by atoms with Gasteiger partial charge in [0.05, 0.1) is 18.9 Å². The van der Waals surface area contributed by atoms with E-state index in [2.05, 4.69) is 21.5 Å². The molecule has 1 aliphatic heterocycles. The Morgan fingerprint density at radius 1 is 1.26 bits per heavy atom. The van der Waals surface area contributed by atoms with E-state index in [4.69, 9.17) is 29.4 Å². The summed E-state index contributed by atoms with van der Waals surface area (Å²) in [6, 6.07) is 2.12. The van der Waals surface area contributed by atoms with E-state index in [1.807, 2.05) is 0 Å². The molecule has 3 N–H and O–H groups in total. The van der Waals surface area contributed by atoms with Crippen LogP contribution >= 0.6 is 11.3 Å². The monoisotopic (exact) mass is 400 g/mol. The number of rotatable bonds is 5. The van der Waals surface area contributed by atoms with E-state index in [1.54, 1.807) is 11.3 Å². The van der Waals surface area contributed by atoms with Gasteiger partial charge in [0.2, 0.25) is 0 Å². The standard InChI is InChI=1S/C15H22N2O3S.C2H2O4/c18-12(10-17-5-7-19-8-6-17)11-20-16-14-2-1-3-15-13(14)4-9-21-15;3-1(4)2(5)6/h4,9,12,18H,1-3,5-8,10-11H2;(H,3,4)(H,5,6)/b16-14+;. The zero-order valence-corrected chi connectivity index (χ0v) is 15.7. The average Bonchev–Trinajstić information content (AvgIpc) is 3.12. The van der Waals surface area contributed by atoms with E-state index in [1.165, 1.54) is 10.4 Å². The Morgan fingerprint density at radius 3 is 2.63 bits per heavy atom. The predicted molar refractivity (Wildman–Crippen MR) is 98.3 cm³/mol. The molecule has 10 heteroatoms. The van der Waals surface area contributed by atoms with Crippen LogP contribution in [0, 0.1) is 0 Å². The van der Waals surface area contributed by atoms with Gasteiger partial charge in [0.25, 0.3) is 0 Å². The van der Waals surface area contributed by atoms with Crippen LogP contribution in [0.25, 0.3) is 0 Å². The molecule has 2 heterocycles. The molecule has 0 amide bonds. The van der Waals surface area contributed by atoms with Crippen LogP contribution in [0.3, 0.4) is 0 Å². The van der Waals surface area contributed by atoms with Gasteiger partial charge in [-0.15, -0.1) is 11.3 Å². The highest BCUT2D eigenvalue weighted by Crippen LogP contribution is 2.26. The number of β-amino-alcohol motifs (C(OH)–C–C–N with tert-alkyl or cyclic N) is 1. The number of carboxylic acids is 2. The highest BCUT2D eigenvalue weighted by atomic mass is 32.1. The summed E-state index contributed by atoms with van der Waals surface area (Å²) in [5.74, 6) is -3.65. The molecule has 150 valence electrons. The van der Waals surface area contributed by atoms with Crippen LogP contribution in [0.4, 0.5) is 0 Å². The fourth-order valence-electron chi connectivity index (χ4n) is 2.77. The number of carbonyl (C=O) groups is 2. The Labute approximate surface area is 160 Å². The first-order chi connectivity index (χ1) is 13.0. The zero-order valence-electron chi connectivity index (χ0n) is 14.9. The summed E-state index contributed by atoms with van der Waals surface area (Å²) >= 11 is 1.79. The second-order valence-electron chi connectivity index (χ2n) is 6.12. The maximum absolute atomic E-state index is 10.0. The van der Waals surface area contributed by atoms with Crippen LogP contribution in [-0.4, -0.2) is 83.4 Å². The van der Waals surface area contributed by atoms with Gasteiger partial charge in [-0.05, 0) is 30.7 Å². The minimum absolute atomic E-state index is 0.250. The number of aliphatic hydroxyl groups excluding tert-OH is 1. The van der Waals surface area contributed by atoms with Gasteiger partial charge in [0.1, 0.15) is 12.7 Å². The van der Waals surface area contributed by atoms with Crippen LogP contribution in [0.5, 0.6) is 0 Å². The Balaban J connectivity index is 0.000000380. The topological polar surface area (TPSA) is 129 Å². The van der Waals surface area contributed by atoms with Crippen molar-refractivity contribution in [3.05, 3.63) is 21.9 Å². The molecule has 2 aliphatic rings. The summed E-state index contributed by atoms with van der Waals surface area (Å²) in [4.78, 5) is 27.2. The van der Waals surface area contributed by atoms with Crippen molar-refractivity contribution < 1.29 is 34.5 Å². The second-order valence-corrected chi connectivity index (χ2v) is 7.12. The molecule has 1 saturated heterocycles. The van der Waals surface area contributed by atoms with E-state index in [-0.39, 0.29) is 6.61 Å². The van der Waals surface area contributed by atoms with Gasteiger partial charge in [0, 0.05) is 30.1 Å². The molecular weight excluding hydrogens is 376 g/mol. The molecule has 0 aromatic carbocycles. The number of aliphatic hydroxyl groups is 1. The smallest absolute Gasteiger partial charge is 0.414 e. The number of carboxylic acid groups (broad SMARTS) is 2. The van der Waals surface area contributed by atoms with Crippen molar-refractivity contribution in [3.8, 4) is 0 Å². The van der Waals surface area contributed by atoms with Crippen LogP contribution in [0.1, 0.15) is 23.3 Å². The lowest BCUT2D eigenvalue weighted by atomic mass is 9.97. The number of oxime groups is 1. The third-order valence-corrected chi connectivity index (χ3v) is 5.05. The van der Waals surface area contributed by atoms with Gasteiger partial charge in [0.15, 0.2) is 0 Å². The summed E-state index contributed by atoms with van der Waals surface area (Å²) < 4.78 is 5.29. The molecule has 0 radical (unpaired) electrons. The highest BCUT2D eigenvalue weighted by molar-refractivity contribution is 7.10. The van der Waals surface area contributed by atoms with E-state index < -0.39 is 18.0 Å². The molecule has 1 fully saturated rings. The minimum Gasteiger partial charge on any atom is -0.473 e. The first-order valence-corrected chi connectivity index (χ1v) is 9.55. The zero-order chi connectivity index (χ0) is 19.6. The second kappa shape index (κ2) is 11.0. The number of hydrogen-bond acceptors (Lipinski definition) is 8. The van der Waals surface area contributed by atoms with Gasteiger partial charge in [-0.3, -0.25) is 4.90 Å². The number of ether oxygens (including phenoxy) is 1. The lowest BCUT2D eigenvalue weighted by Crippen LogP contribution is -2.42. The minimum atomic E-state index is -1.82. The van der Waals surface area contributed by atoms with Gasteiger partial charge in [-0.2, -0.15) is 0 Å². The Morgan fingerprint density at radius 2 is 1.96 bits per heavy atom. The van der Waals surface area contributed by atoms with Crippen molar-refractivity contribution in [2.45, 2.75) is 25.4 Å². The predicted octanol–water partition coefficient (Wildman–Crippen LogP) is 0.654. The molecule has 1 unspecified atom stereocenters. The van der Waals surface area contributed by atoms with E-state index in [9.17, 15) is 5.11 Å². The first-order valence-electron chi connectivity index (χ1n) is 8.67. The average molecular weight is 400 g/mol. The van der Waals surface area contributed by atoms with Crippen molar-refractivity contribution in [1.29, 1.82) is 0 Å². The quantitative estimate of drug-likeness (QED) is 0.485. The maximum atomic E-state index is 10.0. The Bertz CT molecular complexity index is 643. The van der Waals surface area contributed by atoms with Crippen molar-refractivity contribution in [2.75, 3.05) is 39.5 Å². The number of aliphatic carboxylic acids is 2. The molecule has 27 heavy (non-hydrogen) atoms. The first kappa shape index (κ1) is 21.3. The third kappa shape index (κ3) is 7.25. The van der Waals surface area contributed by atoms with Crippen LogP contribution in [0.2, 0.25) is 0 Å². The lowest BCUT2D eigenvalue weighted by Gasteiger charge is -2.28. The molecule has 1 atom stereocenters. The Hall–Kier alpha value is -2.01. The number of hydrogen-bond donors (Lipinski definition) is 3. The molecule has 1 aliphatic carbocycles. The summed E-state index contributed by atoms with van der Waals surface area (Å²) in [6.45, 7) is 4.12. The van der Waals surface area contributed by atoms with Crippen molar-refractivity contribution >= 4 is 29.0 Å². The molecule has 9 nitrogen and oxygen atoms in total. The fourth-order valence-corrected chi connectivity index (χ4v) is 3.72. The van der Waals surface area contributed by atoms with Gasteiger partial charge >= 0.3 is 11.9 Å². The molecule has 1 aromatic heterocycles. The number of aryl methyl sites for hydroxylation is 1. The van der Waals surface area contributed by atoms with Crippen molar-refractivity contribution in [3.63, 3.8) is 0 Å². The molecule has 0 spiro atoms. The van der Waals surface area contributed by atoms with E-state index >= 15 is 0 Å². The molecule has 0 saturated carbocycles. The fraction of sp³-hybridized carbons (Fsp3) is 0.588. The maximum Gasteiger partial charge on any atom is 0.414 e. The number of fused-ring (bicyclic) bond motifs is 1. The molecule has 0 bridgehead atoms. The summed E-state index contributed by atoms with van der Waals surface area (Å²) in [5.41, 5.74) is 2.25. The molecule has 3 rings (SSSR count). The third-order valence-electron chi connectivity index (χ3n) is 4.07. The Kier molecular flexibility index (Phi) is 8.65. The molecular formula is C17H24N2O7S. The van der Waals surface area contributed by atoms with Gasteiger partial charge in [-0.25, -0.2) is 9.59 Å². The number of nitrogens with zero attached hydrogens (tertiary/aromatic N) is 2. The number of morpholine rings is 1. The van der Waals surface area contributed by atoms with Crippen molar-refractivity contribution in [2.24, 2.45) is 5.16 Å². The van der Waals surface area contributed by atoms with E-state index in [0.29, 0.717) is 6.54 Å². The van der Waals surface area contributed by atoms with E-state index in [0.717, 1.165) is 51.3 Å².